The molecule has 0 spiro atoms. The Balaban J connectivity index is 1.12. The minimum atomic E-state index is -0.416. The normalized spacial score (nSPS) is 21.8. The van der Waals surface area contributed by atoms with Crippen LogP contribution in [-0.2, 0) is 13.0 Å². The van der Waals surface area contributed by atoms with Crippen molar-refractivity contribution in [3.05, 3.63) is 88.1 Å². The molecule has 1 saturated heterocycles. The second kappa shape index (κ2) is 10.9. The molecule has 0 bridgehead atoms. The first-order chi connectivity index (χ1) is 22.5. The van der Waals surface area contributed by atoms with E-state index >= 15 is 4.39 Å². The Hall–Kier alpha value is -4.25. The van der Waals surface area contributed by atoms with Crippen LogP contribution in [0.1, 0.15) is 66.8 Å². The lowest BCUT2D eigenvalue weighted by atomic mass is 10.0. The summed E-state index contributed by atoms with van der Waals surface area (Å²) in [5.41, 5.74) is 5.79. The van der Waals surface area contributed by atoms with E-state index in [-0.39, 0.29) is 11.9 Å². The van der Waals surface area contributed by atoms with Gasteiger partial charge in [-0.3, -0.25) is 4.57 Å². The van der Waals surface area contributed by atoms with Gasteiger partial charge >= 0.3 is 0 Å². The largest absolute Gasteiger partial charge is 0.464 e. The first-order valence-corrected chi connectivity index (χ1v) is 17.1. The predicted octanol–water partition coefficient (Wildman–Crippen LogP) is 7.71. The minimum Gasteiger partial charge on any atom is -0.464 e. The summed E-state index contributed by atoms with van der Waals surface area (Å²) in [6, 6.07) is 17.1. The van der Waals surface area contributed by atoms with Crippen LogP contribution in [0.3, 0.4) is 0 Å². The number of nitrogens with one attached hydrogen (secondary N) is 4. The summed E-state index contributed by atoms with van der Waals surface area (Å²) < 4.78 is 25.2. The second-order valence-corrected chi connectivity index (χ2v) is 14.1. The maximum Gasteiger partial charge on any atom is 0.212 e. The number of fused-ring (bicyclic) bond motifs is 5. The molecule has 6 heterocycles. The molecule has 2 aliphatic heterocycles. The lowest BCUT2D eigenvalue weighted by molar-refractivity contribution is 0.176. The van der Waals surface area contributed by atoms with Gasteiger partial charge in [-0.1, -0.05) is 19.9 Å². The standard InChI is InChI=1S/C36H36FN7OS/c1-3-23-7-9-32(46-23)36-44-29-8-6-20(27-16-40-33(42-27)18-39-26-11-19(26)2)12-22(29)14-30(44)34-24(37)13-21(15-31(34)45-36)28-17-41-35(43-28)25-5-4-10-38-25/h6-9,12-17,19,25-26,36,38-39H,3-5,10-11,18H2,1-2H3,(H,40,42)(H,41,43). The summed E-state index contributed by atoms with van der Waals surface area (Å²) in [6.07, 6.45) is 7.63. The molecule has 4 unspecified atom stereocenters. The molecule has 2 aromatic carbocycles. The zero-order chi connectivity index (χ0) is 30.9. The molecule has 0 radical (unpaired) electrons. The number of hydrogen-bond donors (Lipinski definition) is 4. The molecule has 234 valence electrons. The van der Waals surface area contributed by atoms with Crippen molar-refractivity contribution < 1.29 is 9.13 Å². The van der Waals surface area contributed by atoms with Crippen LogP contribution < -0.4 is 15.4 Å². The highest BCUT2D eigenvalue weighted by Crippen LogP contribution is 2.48. The van der Waals surface area contributed by atoms with Crippen LogP contribution in [0.15, 0.2) is 60.9 Å². The van der Waals surface area contributed by atoms with E-state index in [1.54, 1.807) is 23.6 Å². The van der Waals surface area contributed by atoms with E-state index in [4.69, 9.17) is 4.74 Å². The van der Waals surface area contributed by atoms with Crippen LogP contribution in [0.4, 0.5) is 4.39 Å². The van der Waals surface area contributed by atoms with Crippen molar-refractivity contribution in [2.45, 2.75) is 64.4 Å². The van der Waals surface area contributed by atoms with E-state index in [9.17, 15) is 0 Å². The fourth-order valence-electron chi connectivity index (χ4n) is 7.01. The average molecular weight is 634 g/mol. The van der Waals surface area contributed by atoms with Gasteiger partial charge in [0.05, 0.1) is 58.0 Å². The average Bonchev–Trinajstić information content (AvgIpc) is 3.77. The molecule has 0 amide bonds. The highest BCUT2D eigenvalue weighted by molar-refractivity contribution is 7.12. The minimum absolute atomic E-state index is 0.209. The van der Waals surface area contributed by atoms with Gasteiger partial charge in [0.1, 0.15) is 23.2 Å². The van der Waals surface area contributed by atoms with Gasteiger partial charge in [0.15, 0.2) is 0 Å². The molecule has 10 heteroatoms. The fourth-order valence-corrected chi connectivity index (χ4v) is 7.99. The number of aromatic nitrogens is 5. The molecular formula is C36H36FN7OS. The van der Waals surface area contributed by atoms with Crippen LogP contribution in [0.25, 0.3) is 44.7 Å². The third-order valence-electron chi connectivity index (χ3n) is 9.77. The van der Waals surface area contributed by atoms with Gasteiger partial charge in [0, 0.05) is 27.4 Å². The molecule has 3 aliphatic rings. The van der Waals surface area contributed by atoms with Crippen molar-refractivity contribution >= 4 is 22.2 Å². The van der Waals surface area contributed by atoms with Crippen LogP contribution >= 0.6 is 11.3 Å². The van der Waals surface area contributed by atoms with E-state index in [1.807, 2.05) is 12.3 Å². The number of rotatable bonds is 8. The molecule has 2 fully saturated rings. The van der Waals surface area contributed by atoms with Crippen molar-refractivity contribution in [2.75, 3.05) is 6.54 Å². The Kier molecular flexibility index (Phi) is 6.66. The fraction of sp³-hybridized carbons (Fsp3) is 0.333. The third-order valence-corrected chi connectivity index (χ3v) is 11.0. The summed E-state index contributed by atoms with van der Waals surface area (Å²) in [4.78, 5) is 18.5. The van der Waals surface area contributed by atoms with Gasteiger partial charge in [0.2, 0.25) is 6.23 Å². The van der Waals surface area contributed by atoms with Gasteiger partial charge in [-0.15, -0.1) is 11.3 Å². The van der Waals surface area contributed by atoms with Gasteiger partial charge in [-0.2, -0.15) is 0 Å². The Bertz CT molecular complexity index is 2080. The zero-order valence-corrected chi connectivity index (χ0v) is 26.7. The summed E-state index contributed by atoms with van der Waals surface area (Å²) >= 11 is 1.74. The monoisotopic (exact) mass is 633 g/mol. The predicted molar refractivity (Wildman–Crippen MR) is 179 cm³/mol. The molecule has 6 aromatic rings. The van der Waals surface area contributed by atoms with Crippen LogP contribution in [0.2, 0.25) is 0 Å². The Morgan fingerprint density at radius 3 is 2.72 bits per heavy atom. The number of aryl methyl sites for hydroxylation is 1. The van der Waals surface area contributed by atoms with Gasteiger partial charge in [0.25, 0.3) is 0 Å². The number of ether oxygens (including phenoxy) is 1. The van der Waals surface area contributed by atoms with Crippen LogP contribution in [-0.4, -0.2) is 37.1 Å². The van der Waals surface area contributed by atoms with E-state index in [2.05, 4.69) is 85.4 Å². The van der Waals surface area contributed by atoms with Gasteiger partial charge in [-0.05, 0) is 80.6 Å². The number of halogens is 1. The molecule has 4 aromatic heterocycles. The summed E-state index contributed by atoms with van der Waals surface area (Å²) in [6.45, 7) is 6.14. The van der Waals surface area contributed by atoms with Crippen molar-refractivity contribution in [2.24, 2.45) is 5.92 Å². The second-order valence-electron chi connectivity index (χ2n) is 12.9. The Morgan fingerprint density at radius 2 is 1.91 bits per heavy atom. The highest BCUT2D eigenvalue weighted by atomic mass is 32.1. The lowest BCUT2D eigenvalue weighted by Crippen LogP contribution is -2.22. The van der Waals surface area contributed by atoms with Crippen LogP contribution in [0, 0.1) is 11.7 Å². The SMILES string of the molecule is CCc1ccc(C2Oc3cc(-c4cnc(C5CCCN5)[nH]4)cc(F)c3-c3cc4cc(-c5cnc(CNC6CC6C)[nH]5)ccc4n32)s1. The summed E-state index contributed by atoms with van der Waals surface area (Å²) in [5.74, 6) is 2.78. The number of aromatic amines is 2. The summed E-state index contributed by atoms with van der Waals surface area (Å²) in [7, 11) is 0. The maximum absolute atomic E-state index is 16.3. The van der Waals surface area contributed by atoms with Crippen molar-refractivity contribution in [1.82, 2.24) is 35.1 Å². The van der Waals surface area contributed by atoms with Crippen LogP contribution in [0.5, 0.6) is 5.75 Å². The zero-order valence-electron chi connectivity index (χ0n) is 25.9. The third kappa shape index (κ3) is 4.78. The molecule has 4 N–H and O–H groups in total. The topological polar surface area (TPSA) is 95.6 Å². The molecule has 1 saturated carbocycles. The smallest absolute Gasteiger partial charge is 0.212 e. The van der Waals surface area contributed by atoms with E-state index < -0.39 is 6.23 Å². The maximum atomic E-state index is 16.3. The summed E-state index contributed by atoms with van der Waals surface area (Å²) in [5, 5.41) is 8.07. The number of imidazole rings is 2. The van der Waals surface area contributed by atoms with Gasteiger partial charge in [-0.25, -0.2) is 14.4 Å². The lowest BCUT2D eigenvalue weighted by Gasteiger charge is -2.30. The molecule has 8 nitrogen and oxygen atoms in total. The number of nitrogens with zero attached hydrogens (tertiary/aromatic N) is 3. The Morgan fingerprint density at radius 1 is 1.04 bits per heavy atom. The van der Waals surface area contributed by atoms with Crippen molar-refractivity contribution in [3.8, 4) is 39.5 Å². The number of benzene rings is 2. The molecular weight excluding hydrogens is 598 g/mol. The first kappa shape index (κ1) is 28.0. The van der Waals surface area contributed by atoms with E-state index in [0.29, 0.717) is 17.4 Å². The Labute approximate surface area is 270 Å². The molecule has 4 atom stereocenters. The highest BCUT2D eigenvalue weighted by Gasteiger charge is 2.34. The molecule has 1 aliphatic carbocycles. The quantitative estimate of drug-likeness (QED) is 0.138. The molecule has 46 heavy (non-hydrogen) atoms. The van der Waals surface area contributed by atoms with E-state index in [1.165, 1.54) is 11.3 Å². The number of hydrogen-bond acceptors (Lipinski definition) is 6. The first-order valence-electron chi connectivity index (χ1n) is 16.3. The number of thiophene rings is 1. The molecule has 9 rings (SSSR count). The van der Waals surface area contributed by atoms with Gasteiger partial charge < -0.3 is 25.3 Å². The van der Waals surface area contributed by atoms with E-state index in [0.717, 1.165) is 93.9 Å². The van der Waals surface area contributed by atoms with Crippen molar-refractivity contribution in [1.29, 1.82) is 0 Å². The number of H-pyrrole nitrogens is 2. The van der Waals surface area contributed by atoms with Crippen molar-refractivity contribution in [3.63, 3.8) is 0 Å².